The van der Waals surface area contributed by atoms with Gasteiger partial charge in [0.1, 0.15) is 0 Å². The summed E-state index contributed by atoms with van der Waals surface area (Å²) in [5, 5.41) is 0. The fourth-order valence-corrected chi connectivity index (χ4v) is 1.59. The average Bonchev–Trinajstić information content (AvgIpc) is 2.37. The fourth-order valence-electron chi connectivity index (χ4n) is 1.59. The summed E-state index contributed by atoms with van der Waals surface area (Å²) in [6.45, 7) is 1.46. The van der Waals surface area contributed by atoms with Crippen molar-refractivity contribution in [3.63, 3.8) is 0 Å². The molecule has 2 rings (SSSR count). The molecule has 19 heavy (non-hydrogen) atoms. The molecule has 2 aromatic rings. The molecule has 0 aliphatic heterocycles. The molecule has 1 aromatic heterocycles. The van der Waals surface area contributed by atoms with Gasteiger partial charge in [0.15, 0.2) is 17.4 Å². The van der Waals surface area contributed by atoms with E-state index in [2.05, 4.69) is 4.98 Å². The van der Waals surface area contributed by atoms with Crippen LogP contribution in [0.3, 0.4) is 0 Å². The highest BCUT2D eigenvalue weighted by molar-refractivity contribution is 5.95. The molecule has 0 amide bonds. The molecular formula is C13H10F2N2O2. The molecule has 6 heteroatoms. The number of hydrogen-bond acceptors (Lipinski definition) is 3. The van der Waals surface area contributed by atoms with Crippen LogP contribution in [0.4, 0.5) is 8.78 Å². The Hall–Kier alpha value is -2.37. The van der Waals surface area contributed by atoms with Crippen molar-refractivity contribution in [3.05, 3.63) is 63.8 Å². The SMILES string of the molecule is Cc1cnc(=O)n(CC(=O)c2ccc(F)c(F)c2)c1. The maximum absolute atomic E-state index is 13.0. The molecule has 0 radical (unpaired) electrons. The van der Waals surface area contributed by atoms with Crippen molar-refractivity contribution in [2.45, 2.75) is 13.5 Å². The van der Waals surface area contributed by atoms with Crippen LogP contribution < -0.4 is 5.69 Å². The third-order valence-electron chi connectivity index (χ3n) is 2.54. The minimum atomic E-state index is -1.10. The third-order valence-corrected chi connectivity index (χ3v) is 2.54. The first-order chi connectivity index (χ1) is 8.97. The van der Waals surface area contributed by atoms with Crippen molar-refractivity contribution in [1.82, 2.24) is 9.55 Å². The van der Waals surface area contributed by atoms with Gasteiger partial charge in [0.05, 0.1) is 6.54 Å². The van der Waals surface area contributed by atoms with Crippen molar-refractivity contribution in [3.8, 4) is 0 Å². The van der Waals surface area contributed by atoms with E-state index in [4.69, 9.17) is 0 Å². The second kappa shape index (κ2) is 5.09. The quantitative estimate of drug-likeness (QED) is 0.793. The van der Waals surface area contributed by atoms with E-state index in [0.29, 0.717) is 0 Å². The molecule has 0 bridgehead atoms. The van der Waals surface area contributed by atoms with Crippen LogP contribution in [0.15, 0.2) is 35.4 Å². The Morgan fingerprint density at radius 2 is 2.05 bits per heavy atom. The van der Waals surface area contributed by atoms with Crippen LogP contribution in [0.1, 0.15) is 15.9 Å². The Balaban J connectivity index is 2.28. The summed E-state index contributed by atoms with van der Waals surface area (Å²) in [4.78, 5) is 26.9. The zero-order valence-electron chi connectivity index (χ0n) is 10.1. The van der Waals surface area contributed by atoms with E-state index in [1.165, 1.54) is 18.5 Å². The van der Waals surface area contributed by atoms with Gasteiger partial charge in [-0.05, 0) is 30.7 Å². The van der Waals surface area contributed by atoms with E-state index in [-0.39, 0.29) is 12.1 Å². The predicted molar refractivity (Wildman–Crippen MR) is 63.9 cm³/mol. The van der Waals surface area contributed by atoms with Crippen LogP contribution >= 0.6 is 0 Å². The standard InChI is InChI=1S/C13H10F2N2O2/c1-8-5-16-13(19)17(6-8)7-12(18)9-2-3-10(14)11(15)4-9/h2-6H,7H2,1H3. The number of halogens is 2. The molecule has 0 fully saturated rings. The van der Waals surface area contributed by atoms with Crippen molar-refractivity contribution in [2.24, 2.45) is 0 Å². The molecule has 0 N–H and O–H groups in total. The van der Waals surface area contributed by atoms with E-state index in [9.17, 15) is 18.4 Å². The van der Waals surface area contributed by atoms with E-state index < -0.39 is 23.1 Å². The van der Waals surface area contributed by atoms with Gasteiger partial charge in [-0.3, -0.25) is 9.36 Å². The number of ketones is 1. The number of aryl methyl sites for hydroxylation is 1. The van der Waals surface area contributed by atoms with Gasteiger partial charge in [0.25, 0.3) is 0 Å². The summed E-state index contributed by atoms with van der Waals surface area (Å²) in [5.41, 5.74) is 0.159. The number of rotatable bonds is 3. The molecule has 0 unspecified atom stereocenters. The van der Waals surface area contributed by atoms with E-state index >= 15 is 0 Å². The van der Waals surface area contributed by atoms with Crippen molar-refractivity contribution >= 4 is 5.78 Å². The first kappa shape index (κ1) is 13.1. The monoisotopic (exact) mass is 264 g/mol. The van der Waals surface area contributed by atoms with E-state index in [1.54, 1.807) is 6.92 Å². The number of nitrogens with zero attached hydrogens (tertiary/aromatic N) is 2. The molecule has 0 aliphatic carbocycles. The van der Waals surface area contributed by atoms with Crippen molar-refractivity contribution in [2.75, 3.05) is 0 Å². The van der Waals surface area contributed by atoms with E-state index in [0.717, 1.165) is 22.3 Å². The summed E-state index contributed by atoms with van der Waals surface area (Å²) < 4.78 is 26.9. The maximum Gasteiger partial charge on any atom is 0.347 e. The highest BCUT2D eigenvalue weighted by Gasteiger charge is 2.11. The van der Waals surface area contributed by atoms with Crippen LogP contribution in [0.2, 0.25) is 0 Å². The Bertz CT molecular complexity index is 695. The van der Waals surface area contributed by atoms with Crippen LogP contribution in [0.5, 0.6) is 0 Å². The molecule has 0 spiro atoms. The lowest BCUT2D eigenvalue weighted by molar-refractivity contribution is 0.0969. The number of benzene rings is 1. The van der Waals surface area contributed by atoms with Crippen LogP contribution in [0.25, 0.3) is 0 Å². The lowest BCUT2D eigenvalue weighted by Gasteiger charge is -2.05. The zero-order chi connectivity index (χ0) is 14.0. The van der Waals surface area contributed by atoms with Gasteiger partial charge in [-0.25, -0.2) is 18.6 Å². The number of Topliss-reactive ketones (excluding diaryl/α,β-unsaturated/α-hetero) is 1. The van der Waals surface area contributed by atoms with Gasteiger partial charge in [-0.2, -0.15) is 0 Å². The topological polar surface area (TPSA) is 52.0 Å². The first-order valence-corrected chi connectivity index (χ1v) is 5.48. The molecule has 98 valence electrons. The molecule has 4 nitrogen and oxygen atoms in total. The van der Waals surface area contributed by atoms with Gasteiger partial charge in [0, 0.05) is 18.0 Å². The largest absolute Gasteiger partial charge is 0.347 e. The second-order valence-electron chi connectivity index (χ2n) is 4.09. The summed E-state index contributed by atoms with van der Waals surface area (Å²) in [7, 11) is 0. The first-order valence-electron chi connectivity index (χ1n) is 5.48. The smallest absolute Gasteiger partial charge is 0.292 e. The Morgan fingerprint density at radius 1 is 1.32 bits per heavy atom. The summed E-state index contributed by atoms with van der Waals surface area (Å²) >= 11 is 0. The zero-order valence-corrected chi connectivity index (χ0v) is 10.1. The van der Waals surface area contributed by atoms with Gasteiger partial charge in [0.2, 0.25) is 0 Å². The van der Waals surface area contributed by atoms with Gasteiger partial charge in [-0.1, -0.05) is 0 Å². The average molecular weight is 264 g/mol. The number of carbonyl (C=O) groups is 1. The molecule has 0 atom stereocenters. The lowest BCUT2D eigenvalue weighted by atomic mass is 10.1. The Morgan fingerprint density at radius 3 is 2.74 bits per heavy atom. The fraction of sp³-hybridized carbons (Fsp3) is 0.154. The summed E-state index contributed by atoms with van der Waals surface area (Å²) in [5.74, 6) is -2.61. The molecule has 0 saturated heterocycles. The minimum Gasteiger partial charge on any atom is -0.292 e. The maximum atomic E-state index is 13.0. The molecule has 1 heterocycles. The van der Waals surface area contributed by atoms with Crippen LogP contribution in [-0.2, 0) is 6.54 Å². The van der Waals surface area contributed by atoms with E-state index in [1.807, 2.05) is 0 Å². The Labute approximate surface area is 107 Å². The van der Waals surface area contributed by atoms with Gasteiger partial charge >= 0.3 is 5.69 Å². The normalized spacial score (nSPS) is 10.5. The molecule has 1 aromatic carbocycles. The minimum absolute atomic E-state index is 0.00676. The second-order valence-corrected chi connectivity index (χ2v) is 4.09. The molecule has 0 saturated carbocycles. The van der Waals surface area contributed by atoms with Gasteiger partial charge < -0.3 is 0 Å². The predicted octanol–water partition coefficient (Wildman–Crippen LogP) is 1.71. The highest BCUT2D eigenvalue weighted by Crippen LogP contribution is 2.09. The Kier molecular flexibility index (Phi) is 3.50. The summed E-state index contributed by atoms with van der Waals surface area (Å²) in [6, 6.07) is 2.86. The number of hydrogen-bond donors (Lipinski definition) is 0. The third kappa shape index (κ3) is 2.90. The molecule has 0 aliphatic rings. The van der Waals surface area contributed by atoms with Crippen molar-refractivity contribution in [1.29, 1.82) is 0 Å². The number of aromatic nitrogens is 2. The lowest BCUT2D eigenvalue weighted by Crippen LogP contribution is -2.26. The van der Waals surface area contributed by atoms with Crippen molar-refractivity contribution < 1.29 is 13.6 Å². The van der Waals surface area contributed by atoms with Gasteiger partial charge in [-0.15, -0.1) is 0 Å². The number of carbonyl (C=O) groups excluding carboxylic acids is 1. The van der Waals surface area contributed by atoms with Crippen LogP contribution in [0, 0.1) is 18.6 Å². The highest BCUT2D eigenvalue weighted by atomic mass is 19.2. The molecular weight excluding hydrogens is 254 g/mol. The summed E-state index contributed by atoms with van der Waals surface area (Å²) in [6.07, 6.45) is 2.87. The van der Waals surface area contributed by atoms with Crippen LogP contribution in [-0.4, -0.2) is 15.3 Å².